The van der Waals surface area contributed by atoms with Crippen LogP contribution in [0.25, 0.3) is 0 Å². The molecule has 1 heterocycles. The van der Waals surface area contributed by atoms with E-state index in [0.29, 0.717) is 0 Å². The molecule has 1 aliphatic rings. The third-order valence-corrected chi connectivity index (χ3v) is 2.91. The zero-order valence-electron chi connectivity index (χ0n) is 8.49. The van der Waals surface area contributed by atoms with Gasteiger partial charge in [0.25, 0.3) is 0 Å². The molecule has 0 spiro atoms. The van der Waals surface area contributed by atoms with E-state index in [9.17, 15) is 4.79 Å². The topological polar surface area (TPSA) is 40.5 Å². The lowest BCUT2D eigenvalue weighted by Gasteiger charge is -2.34. The van der Waals surface area contributed by atoms with Crippen LogP contribution in [-0.4, -0.2) is 35.1 Å². The summed E-state index contributed by atoms with van der Waals surface area (Å²) < 4.78 is 0. The Morgan fingerprint density at radius 3 is 2.54 bits per heavy atom. The minimum atomic E-state index is -0.689. The van der Waals surface area contributed by atoms with Gasteiger partial charge in [0.2, 0.25) is 0 Å². The molecule has 0 saturated carbocycles. The predicted molar refractivity (Wildman–Crippen MR) is 51.7 cm³/mol. The third-order valence-electron chi connectivity index (χ3n) is 2.91. The van der Waals surface area contributed by atoms with Gasteiger partial charge in [0.15, 0.2) is 0 Å². The van der Waals surface area contributed by atoms with Crippen LogP contribution in [0, 0.1) is 5.92 Å². The minimum Gasteiger partial charge on any atom is -0.481 e. The van der Waals surface area contributed by atoms with Crippen molar-refractivity contribution in [1.82, 2.24) is 4.90 Å². The Balaban J connectivity index is 2.31. The summed E-state index contributed by atoms with van der Waals surface area (Å²) in [5, 5.41) is 8.64. The number of carbonyl (C=O) groups is 1. The molecule has 0 unspecified atom stereocenters. The van der Waals surface area contributed by atoms with Crippen molar-refractivity contribution in [3.8, 4) is 0 Å². The Bertz CT molecular complexity index is 174. The third kappa shape index (κ3) is 3.35. The van der Waals surface area contributed by atoms with Crippen LogP contribution in [-0.2, 0) is 4.79 Å². The number of hydrogen-bond acceptors (Lipinski definition) is 2. The van der Waals surface area contributed by atoms with Crippen molar-refractivity contribution in [2.24, 2.45) is 5.92 Å². The molecule has 0 radical (unpaired) electrons. The van der Waals surface area contributed by atoms with Gasteiger partial charge in [-0.05, 0) is 38.8 Å². The first-order valence-electron chi connectivity index (χ1n) is 5.05. The van der Waals surface area contributed by atoms with E-state index < -0.39 is 5.97 Å². The standard InChI is InChI=1S/C10H19NO2/c1-8-3-5-11(6-4-8)9(2)7-10(12)13/h8-9H,3-7H2,1-2H3,(H,12,13)/t9-/m1/s1. The lowest BCUT2D eigenvalue weighted by atomic mass is 9.97. The first kappa shape index (κ1) is 10.5. The maximum absolute atomic E-state index is 10.5. The largest absolute Gasteiger partial charge is 0.481 e. The number of likely N-dealkylation sites (tertiary alicyclic amines) is 1. The van der Waals surface area contributed by atoms with Crippen molar-refractivity contribution in [3.63, 3.8) is 0 Å². The van der Waals surface area contributed by atoms with Gasteiger partial charge in [-0.25, -0.2) is 0 Å². The maximum atomic E-state index is 10.5. The van der Waals surface area contributed by atoms with Crippen LogP contribution in [0.5, 0.6) is 0 Å². The fourth-order valence-electron chi connectivity index (χ4n) is 1.85. The van der Waals surface area contributed by atoms with Crippen LogP contribution < -0.4 is 0 Å². The van der Waals surface area contributed by atoms with Gasteiger partial charge in [-0.15, -0.1) is 0 Å². The smallest absolute Gasteiger partial charge is 0.304 e. The molecule has 76 valence electrons. The second kappa shape index (κ2) is 4.61. The first-order valence-corrected chi connectivity index (χ1v) is 5.05. The fourth-order valence-corrected chi connectivity index (χ4v) is 1.85. The van der Waals surface area contributed by atoms with E-state index in [1.54, 1.807) is 0 Å². The van der Waals surface area contributed by atoms with Crippen LogP contribution in [0.4, 0.5) is 0 Å². The average molecular weight is 185 g/mol. The van der Waals surface area contributed by atoms with Crippen LogP contribution in [0.15, 0.2) is 0 Å². The Morgan fingerprint density at radius 2 is 2.08 bits per heavy atom. The Hall–Kier alpha value is -0.570. The highest BCUT2D eigenvalue weighted by molar-refractivity contribution is 5.67. The Labute approximate surface area is 79.7 Å². The second-order valence-corrected chi connectivity index (χ2v) is 4.17. The highest BCUT2D eigenvalue weighted by Gasteiger charge is 2.21. The molecule has 3 nitrogen and oxygen atoms in total. The van der Waals surface area contributed by atoms with Crippen LogP contribution in [0.1, 0.15) is 33.1 Å². The summed E-state index contributed by atoms with van der Waals surface area (Å²) in [4.78, 5) is 12.8. The summed E-state index contributed by atoms with van der Waals surface area (Å²) in [5.74, 6) is 0.124. The highest BCUT2D eigenvalue weighted by Crippen LogP contribution is 2.18. The zero-order valence-corrected chi connectivity index (χ0v) is 8.49. The summed E-state index contributed by atoms with van der Waals surface area (Å²) in [6, 6.07) is 0.199. The summed E-state index contributed by atoms with van der Waals surface area (Å²) in [6.07, 6.45) is 2.70. The molecule has 3 heteroatoms. The second-order valence-electron chi connectivity index (χ2n) is 4.17. The number of nitrogens with zero attached hydrogens (tertiary/aromatic N) is 1. The molecule has 1 N–H and O–H groups in total. The van der Waals surface area contributed by atoms with Crippen molar-refractivity contribution in [2.75, 3.05) is 13.1 Å². The molecule has 0 aliphatic carbocycles. The molecule has 1 saturated heterocycles. The number of hydrogen-bond donors (Lipinski definition) is 1. The van der Waals surface area contributed by atoms with Crippen LogP contribution >= 0.6 is 0 Å². The molecule has 1 atom stereocenters. The Kier molecular flexibility index (Phi) is 3.72. The summed E-state index contributed by atoms with van der Waals surface area (Å²) in [5.41, 5.74) is 0. The molecule has 0 amide bonds. The lowest BCUT2D eigenvalue weighted by Crippen LogP contribution is -2.40. The summed E-state index contributed by atoms with van der Waals surface area (Å²) in [7, 11) is 0. The normalized spacial score (nSPS) is 22.9. The van der Waals surface area contributed by atoms with Gasteiger partial charge in [0.05, 0.1) is 6.42 Å². The molecule has 1 rings (SSSR count). The van der Waals surface area contributed by atoms with E-state index in [-0.39, 0.29) is 12.5 Å². The zero-order chi connectivity index (χ0) is 9.84. The monoisotopic (exact) mass is 185 g/mol. The van der Waals surface area contributed by atoms with E-state index in [1.165, 1.54) is 12.8 Å². The van der Waals surface area contributed by atoms with E-state index in [4.69, 9.17) is 5.11 Å². The number of carboxylic acids is 1. The van der Waals surface area contributed by atoms with Gasteiger partial charge in [0.1, 0.15) is 0 Å². The number of aliphatic carboxylic acids is 1. The van der Waals surface area contributed by atoms with Crippen molar-refractivity contribution in [2.45, 2.75) is 39.2 Å². The van der Waals surface area contributed by atoms with E-state index in [2.05, 4.69) is 11.8 Å². The van der Waals surface area contributed by atoms with Gasteiger partial charge in [0, 0.05) is 6.04 Å². The van der Waals surface area contributed by atoms with Crippen molar-refractivity contribution < 1.29 is 9.90 Å². The van der Waals surface area contributed by atoms with Gasteiger partial charge in [-0.1, -0.05) is 6.92 Å². The summed E-state index contributed by atoms with van der Waals surface area (Å²) in [6.45, 7) is 6.40. The number of rotatable bonds is 3. The lowest BCUT2D eigenvalue weighted by molar-refractivity contribution is -0.138. The van der Waals surface area contributed by atoms with Gasteiger partial charge in [-0.2, -0.15) is 0 Å². The quantitative estimate of drug-likeness (QED) is 0.725. The molecule has 1 fully saturated rings. The van der Waals surface area contributed by atoms with Gasteiger partial charge < -0.3 is 10.0 Å². The molecular weight excluding hydrogens is 166 g/mol. The molecule has 13 heavy (non-hydrogen) atoms. The van der Waals surface area contributed by atoms with Crippen molar-refractivity contribution >= 4 is 5.97 Å². The fraction of sp³-hybridized carbons (Fsp3) is 0.900. The highest BCUT2D eigenvalue weighted by atomic mass is 16.4. The SMILES string of the molecule is CC1CCN([C@H](C)CC(=O)O)CC1. The maximum Gasteiger partial charge on any atom is 0.304 e. The van der Waals surface area contributed by atoms with Crippen LogP contribution in [0.3, 0.4) is 0 Å². The van der Waals surface area contributed by atoms with Crippen LogP contribution in [0.2, 0.25) is 0 Å². The van der Waals surface area contributed by atoms with E-state index in [1.807, 2.05) is 6.92 Å². The molecule has 1 aliphatic heterocycles. The predicted octanol–water partition coefficient (Wildman–Crippen LogP) is 1.58. The van der Waals surface area contributed by atoms with Gasteiger partial charge >= 0.3 is 5.97 Å². The van der Waals surface area contributed by atoms with Crippen molar-refractivity contribution in [1.29, 1.82) is 0 Å². The van der Waals surface area contributed by atoms with Crippen molar-refractivity contribution in [3.05, 3.63) is 0 Å². The molecule has 0 aromatic carbocycles. The van der Waals surface area contributed by atoms with E-state index >= 15 is 0 Å². The number of carboxylic acid groups (broad SMARTS) is 1. The van der Waals surface area contributed by atoms with E-state index in [0.717, 1.165) is 19.0 Å². The summed E-state index contributed by atoms with van der Waals surface area (Å²) >= 11 is 0. The minimum absolute atomic E-state index is 0.199. The molecular formula is C10H19NO2. The molecule has 0 bridgehead atoms. The molecule has 0 aromatic heterocycles. The molecule has 0 aromatic rings. The Morgan fingerprint density at radius 1 is 1.54 bits per heavy atom. The average Bonchev–Trinajstić information content (AvgIpc) is 2.04. The van der Waals surface area contributed by atoms with Gasteiger partial charge in [-0.3, -0.25) is 4.79 Å². The first-order chi connectivity index (χ1) is 6.09. The number of piperidine rings is 1.